The van der Waals surface area contributed by atoms with Crippen LogP contribution < -0.4 is 0 Å². The summed E-state index contributed by atoms with van der Waals surface area (Å²) in [7, 11) is 0. The lowest BCUT2D eigenvalue weighted by Crippen LogP contribution is -1.97. The lowest BCUT2D eigenvalue weighted by atomic mass is 10.0. The Kier molecular flexibility index (Phi) is 3.70. The van der Waals surface area contributed by atoms with Crippen molar-refractivity contribution < 1.29 is 0 Å². The van der Waals surface area contributed by atoms with E-state index in [-0.39, 0.29) is 0 Å². The molecule has 0 saturated heterocycles. The third kappa shape index (κ3) is 2.39. The molecular formula is C25H17N3. The number of rotatable bonds is 2. The molecule has 0 unspecified atom stereocenters. The molecule has 5 rings (SSSR count). The lowest BCUT2D eigenvalue weighted by molar-refractivity contribution is 1.17. The first-order valence-corrected chi connectivity index (χ1v) is 9.21. The van der Waals surface area contributed by atoms with Crippen LogP contribution in [0.3, 0.4) is 0 Å². The van der Waals surface area contributed by atoms with Crippen LogP contribution in [-0.4, -0.2) is 9.55 Å². The molecule has 3 heteroatoms. The van der Waals surface area contributed by atoms with Gasteiger partial charge in [0.05, 0.1) is 22.7 Å². The molecule has 28 heavy (non-hydrogen) atoms. The van der Waals surface area contributed by atoms with Crippen molar-refractivity contribution in [1.82, 2.24) is 9.55 Å². The molecule has 0 N–H and O–H groups in total. The summed E-state index contributed by atoms with van der Waals surface area (Å²) in [6, 6.07) is 27.1. The fourth-order valence-electron chi connectivity index (χ4n) is 4.00. The number of hydrogen-bond donors (Lipinski definition) is 0. The number of pyridine rings is 1. The number of fused-ring (bicyclic) bond motifs is 3. The Balaban J connectivity index is 1.88. The second kappa shape index (κ2) is 6.37. The van der Waals surface area contributed by atoms with E-state index >= 15 is 0 Å². The molecule has 0 atom stereocenters. The SMILES string of the molecule is Cc1cccc2c3ccccc3n(-c3ccc(C#N)c(-c4ccncc4)c3)c12. The van der Waals surface area contributed by atoms with Crippen molar-refractivity contribution >= 4 is 21.8 Å². The van der Waals surface area contributed by atoms with Gasteiger partial charge in [0.1, 0.15) is 0 Å². The molecule has 0 aliphatic heterocycles. The summed E-state index contributed by atoms with van der Waals surface area (Å²) in [6.45, 7) is 2.14. The minimum atomic E-state index is 0.660. The maximum Gasteiger partial charge on any atom is 0.0998 e. The molecule has 0 aliphatic rings. The number of aryl methyl sites for hydroxylation is 1. The number of nitrogens with zero attached hydrogens (tertiary/aromatic N) is 3. The molecule has 0 fully saturated rings. The minimum Gasteiger partial charge on any atom is -0.309 e. The first-order chi connectivity index (χ1) is 13.8. The zero-order valence-corrected chi connectivity index (χ0v) is 15.4. The van der Waals surface area contributed by atoms with Crippen molar-refractivity contribution in [2.45, 2.75) is 6.92 Å². The van der Waals surface area contributed by atoms with Gasteiger partial charge in [-0.2, -0.15) is 5.26 Å². The summed E-state index contributed by atoms with van der Waals surface area (Å²) in [6.07, 6.45) is 3.52. The highest BCUT2D eigenvalue weighted by molar-refractivity contribution is 6.10. The van der Waals surface area contributed by atoms with Crippen molar-refractivity contribution in [2.24, 2.45) is 0 Å². The van der Waals surface area contributed by atoms with Gasteiger partial charge in [-0.15, -0.1) is 0 Å². The predicted molar refractivity (Wildman–Crippen MR) is 113 cm³/mol. The van der Waals surface area contributed by atoms with Crippen molar-refractivity contribution in [3.05, 3.63) is 96.3 Å². The van der Waals surface area contributed by atoms with Gasteiger partial charge in [-0.3, -0.25) is 4.98 Å². The molecular weight excluding hydrogens is 342 g/mol. The first-order valence-electron chi connectivity index (χ1n) is 9.21. The summed E-state index contributed by atoms with van der Waals surface area (Å²) in [5.74, 6) is 0. The normalized spacial score (nSPS) is 11.0. The van der Waals surface area contributed by atoms with Crippen molar-refractivity contribution in [3.63, 3.8) is 0 Å². The fraction of sp³-hybridized carbons (Fsp3) is 0.0400. The Morgan fingerprint density at radius 1 is 0.857 bits per heavy atom. The van der Waals surface area contributed by atoms with Gasteiger partial charge in [-0.05, 0) is 54.4 Å². The van der Waals surface area contributed by atoms with E-state index in [1.807, 2.05) is 24.3 Å². The zero-order valence-electron chi connectivity index (χ0n) is 15.4. The number of para-hydroxylation sites is 2. The minimum absolute atomic E-state index is 0.660. The highest BCUT2D eigenvalue weighted by atomic mass is 15.0. The second-order valence-corrected chi connectivity index (χ2v) is 6.90. The Hall–Kier alpha value is -3.90. The Labute approximate surface area is 163 Å². The molecule has 0 aliphatic carbocycles. The van der Waals surface area contributed by atoms with E-state index < -0.39 is 0 Å². The van der Waals surface area contributed by atoms with Crippen LogP contribution in [0.2, 0.25) is 0 Å². The van der Waals surface area contributed by atoms with Crippen molar-refractivity contribution in [3.8, 4) is 22.9 Å². The van der Waals surface area contributed by atoms with Crippen LogP contribution in [0, 0.1) is 18.3 Å². The zero-order chi connectivity index (χ0) is 19.1. The van der Waals surface area contributed by atoms with Gasteiger partial charge in [-0.1, -0.05) is 36.4 Å². The van der Waals surface area contributed by atoms with E-state index in [1.165, 1.54) is 21.9 Å². The van der Waals surface area contributed by atoms with E-state index in [0.717, 1.165) is 22.3 Å². The Morgan fingerprint density at radius 3 is 2.46 bits per heavy atom. The highest BCUT2D eigenvalue weighted by Crippen LogP contribution is 2.35. The Bertz CT molecular complexity index is 1370. The maximum absolute atomic E-state index is 9.62. The summed E-state index contributed by atoms with van der Waals surface area (Å²) in [5.41, 5.74) is 7.21. The van der Waals surface area contributed by atoms with Crippen LogP contribution >= 0.6 is 0 Å². The number of aromatic nitrogens is 2. The average molecular weight is 359 g/mol. The molecule has 2 heterocycles. The number of hydrogen-bond acceptors (Lipinski definition) is 2. The van der Waals surface area contributed by atoms with E-state index in [9.17, 15) is 5.26 Å². The van der Waals surface area contributed by atoms with Gasteiger partial charge in [0.25, 0.3) is 0 Å². The van der Waals surface area contributed by atoms with Crippen molar-refractivity contribution in [1.29, 1.82) is 5.26 Å². The van der Waals surface area contributed by atoms with Gasteiger partial charge < -0.3 is 4.57 Å². The predicted octanol–water partition coefficient (Wildman–Crippen LogP) is 6.03. The van der Waals surface area contributed by atoms with Crippen molar-refractivity contribution in [2.75, 3.05) is 0 Å². The monoisotopic (exact) mass is 359 g/mol. The molecule has 0 bridgehead atoms. The largest absolute Gasteiger partial charge is 0.309 e. The molecule has 3 nitrogen and oxygen atoms in total. The van der Waals surface area contributed by atoms with Crippen LogP contribution in [0.5, 0.6) is 0 Å². The molecule has 0 spiro atoms. The third-order valence-electron chi connectivity index (χ3n) is 5.27. The van der Waals surface area contributed by atoms with Crippen LogP contribution in [0.25, 0.3) is 38.6 Å². The summed E-state index contributed by atoms with van der Waals surface area (Å²) in [5, 5.41) is 12.1. The quantitative estimate of drug-likeness (QED) is 0.386. The van der Waals surface area contributed by atoms with E-state index in [4.69, 9.17) is 0 Å². The number of nitriles is 1. The maximum atomic E-state index is 9.62. The van der Waals surface area contributed by atoms with Crippen LogP contribution in [-0.2, 0) is 0 Å². The van der Waals surface area contributed by atoms with Gasteiger partial charge in [0, 0.05) is 34.4 Å². The second-order valence-electron chi connectivity index (χ2n) is 6.90. The smallest absolute Gasteiger partial charge is 0.0998 e. The fourth-order valence-corrected chi connectivity index (χ4v) is 4.00. The highest BCUT2D eigenvalue weighted by Gasteiger charge is 2.15. The molecule has 2 aromatic heterocycles. The molecule has 132 valence electrons. The molecule has 5 aromatic rings. The van der Waals surface area contributed by atoms with Crippen LogP contribution in [0.4, 0.5) is 0 Å². The van der Waals surface area contributed by atoms with Gasteiger partial charge >= 0.3 is 0 Å². The van der Waals surface area contributed by atoms with Gasteiger partial charge in [-0.25, -0.2) is 0 Å². The lowest BCUT2D eigenvalue weighted by Gasteiger charge is -2.12. The van der Waals surface area contributed by atoms with Crippen LogP contribution in [0.1, 0.15) is 11.1 Å². The third-order valence-corrected chi connectivity index (χ3v) is 5.27. The van der Waals surface area contributed by atoms with Gasteiger partial charge in [0.15, 0.2) is 0 Å². The van der Waals surface area contributed by atoms with Crippen LogP contribution in [0.15, 0.2) is 85.2 Å². The molecule has 0 radical (unpaired) electrons. The molecule has 0 saturated carbocycles. The molecule has 0 amide bonds. The first kappa shape index (κ1) is 16.3. The van der Waals surface area contributed by atoms with E-state index in [1.54, 1.807) is 12.4 Å². The summed E-state index contributed by atoms with van der Waals surface area (Å²) >= 11 is 0. The number of benzene rings is 3. The summed E-state index contributed by atoms with van der Waals surface area (Å²) < 4.78 is 2.30. The summed E-state index contributed by atoms with van der Waals surface area (Å²) in [4.78, 5) is 4.10. The Morgan fingerprint density at radius 2 is 1.64 bits per heavy atom. The standard InChI is InChI=1S/C25H17N3/c1-17-5-4-7-22-21-6-2-3-8-24(21)28(25(17)22)20-10-9-19(16-26)23(15-20)18-11-13-27-14-12-18/h2-15H,1H3. The van der Waals surface area contributed by atoms with E-state index in [2.05, 4.69) is 71.1 Å². The average Bonchev–Trinajstić information content (AvgIpc) is 3.10. The topological polar surface area (TPSA) is 41.6 Å². The van der Waals surface area contributed by atoms with E-state index in [0.29, 0.717) is 5.56 Å². The molecule has 3 aromatic carbocycles. The van der Waals surface area contributed by atoms with Gasteiger partial charge in [0.2, 0.25) is 0 Å².